The van der Waals surface area contributed by atoms with Crippen LogP contribution in [0.25, 0.3) is 0 Å². The van der Waals surface area contributed by atoms with Gasteiger partial charge in [0.05, 0.1) is 17.1 Å². The summed E-state index contributed by atoms with van der Waals surface area (Å²) in [5.41, 5.74) is 1.31. The van der Waals surface area contributed by atoms with Crippen LogP contribution in [0.5, 0.6) is 5.75 Å². The van der Waals surface area contributed by atoms with Crippen LogP contribution in [0.2, 0.25) is 5.02 Å². The Bertz CT molecular complexity index is 1300. The topological polar surface area (TPSA) is 105 Å². The number of hydrogen-bond acceptors (Lipinski definition) is 5. The Morgan fingerprint density at radius 2 is 1.61 bits per heavy atom. The van der Waals surface area contributed by atoms with Crippen molar-refractivity contribution in [2.45, 2.75) is 17.9 Å². The van der Waals surface area contributed by atoms with Gasteiger partial charge in [-0.2, -0.15) is 0 Å². The van der Waals surface area contributed by atoms with Gasteiger partial charge in [-0.05, 0) is 54.6 Å². The fourth-order valence-corrected chi connectivity index (χ4v) is 5.03. The second-order valence-electron chi connectivity index (χ2n) is 7.32. The minimum absolute atomic E-state index is 0.0885. The number of amides is 2. The molecule has 3 aromatic rings. The summed E-state index contributed by atoms with van der Waals surface area (Å²) >= 11 is 6.11. The Balaban J connectivity index is 1.61. The molecule has 2 amide bonds. The predicted octanol–water partition coefficient (Wildman–Crippen LogP) is 3.89. The number of rotatable bonds is 5. The van der Waals surface area contributed by atoms with E-state index < -0.39 is 22.0 Å². The van der Waals surface area contributed by atoms with Crippen LogP contribution < -0.4 is 19.7 Å². The SMILES string of the molecule is CC(=O)Nc1ccc(NC(=O)[C@@H]2CN(S(=O)(=O)c3ccccc3)c3cc(Cl)ccc3O2)cc1. The zero-order valence-corrected chi connectivity index (χ0v) is 19.1. The van der Waals surface area contributed by atoms with E-state index in [2.05, 4.69) is 10.6 Å². The van der Waals surface area contributed by atoms with Crippen molar-refractivity contribution >= 4 is 50.5 Å². The molecule has 1 aliphatic heterocycles. The third-order valence-corrected chi connectivity index (χ3v) is 6.92. The average molecular weight is 486 g/mol. The summed E-state index contributed by atoms with van der Waals surface area (Å²) in [7, 11) is -3.97. The highest BCUT2D eigenvalue weighted by Gasteiger charge is 2.37. The molecule has 1 heterocycles. The smallest absolute Gasteiger partial charge is 0.267 e. The van der Waals surface area contributed by atoms with Gasteiger partial charge in [0.15, 0.2) is 6.10 Å². The Labute approximate surface area is 196 Å². The van der Waals surface area contributed by atoms with Gasteiger partial charge in [0.25, 0.3) is 15.9 Å². The van der Waals surface area contributed by atoms with Crippen molar-refractivity contribution in [3.05, 3.63) is 77.8 Å². The molecule has 0 spiro atoms. The molecule has 0 aliphatic carbocycles. The monoisotopic (exact) mass is 485 g/mol. The minimum atomic E-state index is -3.97. The van der Waals surface area contributed by atoms with Crippen LogP contribution in [-0.4, -0.2) is 32.9 Å². The maximum absolute atomic E-state index is 13.4. The number of benzene rings is 3. The number of sulfonamides is 1. The van der Waals surface area contributed by atoms with Crippen LogP contribution in [0.4, 0.5) is 17.1 Å². The highest BCUT2D eigenvalue weighted by Crippen LogP contribution is 2.39. The maximum Gasteiger partial charge on any atom is 0.267 e. The van der Waals surface area contributed by atoms with Crippen LogP contribution in [0.15, 0.2) is 77.7 Å². The fourth-order valence-electron chi connectivity index (χ4n) is 3.37. The van der Waals surface area contributed by atoms with Gasteiger partial charge in [0.1, 0.15) is 5.75 Å². The molecule has 0 bridgehead atoms. The Kier molecular flexibility index (Phi) is 6.26. The van der Waals surface area contributed by atoms with Gasteiger partial charge < -0.3 is 15.4 Å². The van der Waals surface area contributed by atoms with Gasteiger partial charge in [0.2, 0.25) is 5.91 Å². The first-order chi connectivity index (χ1) is 15.7. The molecule has 10 heteroatoms. The van der Waals surface area contributed by atoms with Crippen LogP contribution >= 0.6 is 11.6 Å². The van der Waals surface area contributed by atoms with Crippen molar-refractivity contribution in [3.8, 4) is 5.75 Å². The molecule has 4 rings (SSSR count). The molecular formula is C23H20ClN3O5S. The lowest BCUT2D eigenvalue weighted by molar-refractivity contribution is -0.122. The van der Waals surface area contributed by atoms with E-state index in [1.165, 1.54) is 31.2 Å². The number of fused-ring (bicyclic) bond motifs is 1. The molecule has 170 valence electrons. The summed E-state index contributed by atoms with van der Waals surface area (Å²) in [5, 5.41) is 5.70. The zero-order chi connectivity index (χ0) is 23.6. The number of anilines is 3. The Morgan fingerprint density at radius 3 is 2.24 bits per heavy atom. The highest BCUT2D eigenvalue weighted by molar-refractivity contribution is 7.92. The summed E-state index contributed by atoms with van der Waals surface area (Å²) in [6, 6.07) is 19.1. The number of hydrogen-bond donors (Lipinski definition) is 2. The largest absolute Gasteiger partial charge is 0.476 e. The van der Waals surface area contributed by atoms with Crippen LogP contribution in [0, 0.1) is 0 Å². The van der Waals surface area contributed by atoms with E-state index in [0.717, 1.165) is 4.31 Å². The highest BCUT2D eigenvalue weighted by atomic mass is 35.5. The molecule has 0 fully saturated rings. The number of nitrogens with one attached hydrogen (secondary N) is 2. The molecular weight excluding hydrogens is 466 g/mol. The van der Waals surface area contributed by atoms with E-state index in [-0.39, 0.29) is 28.8 Å². The van der Waals surface area contributed by atoms with Crippen molar-refractivity contribution in [3.63, 3.8) is 0 Å². The Hall–Kier alpha value is -3.56. The van der Waals surface area contributed by atoms with Gasteiger partial charge in [-0.15, -0.1) is 0 Å². The molecule has 0 saturated heterocycles. The first-order valence-electron chi connectivity index (χ1n) is 9.96. The second kappa shape index (κ2) is 9.13. The minimum Gasteiger partial charge on any atom is -0.476 e. The molecule has 8 nitrogen and oxygen atoms in total. The predicted molar refractivity (Wildman–Crippen MR) is 126 cm³/mol. The molecule has 1 aliphatic rings. The Morgan fingerprint density at radius 1 is 0.970 bits per heavy atom. The molecule has 0 unspecified atom stereocenters. The van der Waals surface area contributed by atoms with Gasteiger partial charge in [0, 0.05) is 23.3 Å². The molecule has 0 aromatic heterocycles. The quantitative estimate of drug-likeness (QED) is 0.570. The number of halogens is 1. The van der Waals surface area contributed by atoms with E-state index in [9.17, 15) is 18.0 Å². The average Bonchev–Trinajstić information content (AvgIpc) is 2.79. The summed E-state index contributed by atoms with van der Waals surface area (Å²) in [6.45, 7) is 1.16. The second-order valence-corrected chi connectivity index (χ2v) is 9.61. The van der Waals surface area contributed by atoms with E-state index >= 15 is 0 Å². The number of carbonyl (C=O) groups excluding carboxylic acids is 2. The lowest BCUT2D eigenvalue weighted by Crippen LogP contribution is -2.48. The fraction of sp³-hybridized carbons (Fsp3) is 0.130. The van der Waals surface area contributed by atoms with Crippen molar-refractivity contribution in [1.82, 2.24) is 0 Å². The molecule has 1 atom stereocenters. The molecule has 2 N–H and O–H groups in total. The van der Waals surface area contributed by atoms with Gasteiger partial charge >= 0.3 is 0 Å². The van der Waals surface area contributed by atoms with Crippen LogP contribution in [0.1, 0.15) is 6.92 Å². The van der Waals surface area contributed by atoms with Gasteiger partial charge in [-0.3, -0.25) is 13.9 Å². The lowest BCUT2D eigenvalue weighted by atomic mass is 10.2. The van der Waals surface area contributed by atoms with Gasteiger partial charge in [-0.25, -0.2) is 8.42 Å². The summed E-state index contributed by atoms with van der Waals surface area (Å²) in [5.74, 6) is -0.497. The van der Waals surface area contributed by atoms with E-state index in [0.29, 0.717) is 16.4 Å². The third-order valence-electron chi connectivity index (χ3n) is 4.89. The maximum atomic E-state index is 13.4. The van der Waals surface area contributed by atoms with Crippen molar-refractivity contribution < 1.29 is 22.7 Å². The van der Waals surface area contributed by atoms with Crippen LogP contribution in [-0.2, 0) is 19.6 Å². The van der Waals surface area contributed by atoms with Gasteiger partial charge in [-0.1, -0.05) is 29.8 Å². The molecule has 0 saturated carbocycles. The van der Waals surface area contributed by atoms with E-state index in [4.69, 9.17) is 16.3 Å². The van der Waals surface area contributed by atoms with Crippen LogP contribution in [0.3, 0.4) is 0 Å². The molecule has 0 radical (unpaired) electrons. The number of nitrogens with zero attached hydrogens (tertiary/aromatic N) is 1. The van der Waals surface area contributed by atoms with E-state index in [1.807, 2.05) is 0 Å². The van der Waals surface area contributed by atoms with Crippen molar-refractivity contribution in [2.24, 2.45) is 0 Å². The first-order valence-corrected chi connectivity index (χ1v) is 11.8. The summed E-state index contributed by atoms with van der Waals surface area (Å²) in [6.07, 6.45) is -1.10. The normalized spacial score (nSPS) is 15.2. The van der Waals surface area contributed by atoms with Crippen molar-refractivity contribution in [2.75, 3.05) is 21.5 Å². The zero-order valence-electron chi connectivity index (χ0n) is 17.5. The summed E-state index contributed by atoms with van der Waals surface area (Å²) < 4.78 is 33.7. The lowest BCUT2D eigenvalue weighted by Gasteiger charge is -2.34. The molecule has 3 aromatic carbocycles. The summed E-state index contributed by atoms with van der Waals surface area (Å²) in [4.78, 5) is 24.2. The van der Waals surface area contributed by atoms with Crippen molar-refractivity contribution in [1.29, 1.82) is 0 Å². The standard InChI is InChI=1S/C23H20ClN3O5S/c1-15(28)25-17-8-10-18(11-9-17)26-23(29)22-14-27(20-13-16(24)7-12-21(20)32-22)33(30,31)19-5-3-2-4-6-19/h2-13,22H,14H2,1H3,(H,25,28)(H,26,29)/t22-/m0/s1. The third kappa shape index (κ3) is 4.94. The number of ether oxygens (including phenoxy) is 1. The first kappa shape index (κ1) is 22.6. The molecule has 33 heavy (non-hydrogen) atoms. The number of carbonyl (C=O) groups is 2. The van der Waals surface area contributed by atoms with E-state index in [1.54, 1.807) is 48.5 Å².